The molecule has 1 rings (SSSR count). The second-order valence-corrected chi connectivity index (χ2v) is 6.10. The van der Waals surface area contributed by atoms with E-state index in [1.165, 1.54) is 6.42 Å². The van der Waals surface area contributed by atoms with Crippen molar-refractivity contribution < 1.29 is 9.90 Å². The molecule has 0 bridgehead atoms. The first-order chi connectivity index (χ1) is 7.97. The molecule has 108 valence electrons. The monoisotopic (exact) mass is 277 g/mol. The number of hydrogen-bond donors (Lipinski definition) is 2. The maximum Gasteiger partial charge on any atom is 0.303 e. The van der Waals surface area contributed by atoms with Gasteiger partial charge in [0.2, 0.25) is 0 Å². The highest BCUT2D eigenvalue weighted by Crippen LogP contribution is 2.44. The lowest BCUT2D eigenvalue weighted by molar-refractivity contribution is -0.140. The first-order valence-electron chi connectivity index (χ1n) is 6.90. The van der Waals surface area contributed by atoms with Gasteiger partial charge in [-0.2, -0.15) is 0 Å². The van der Waals surface area contributed by atoms with Crippen LogP contribution in [0.15, 0.2) is 0 Å². The average molecular weight is 278 g/mol. The van der Waals surface area contributed by atoms with Gasteiger partial charge in [0.15, 0.2) is 0 Å². The lowest BCUT2D eigenvalue weighted by Gasteiger charge is -2.42. The molecule has 0 aromatic rings. The third-order valence-corrected chi connectivity index (χ3v) is 3.82. The molecule has 18 heavy (non-hydrogen) atoms. The molecule has 2 N–H and O–H groups in total. The molecule has 0 radical (unpaired) electrons. The van der Waals surface area contributed by atoms with Gasteiger partial charge in [-0.25, -0.2) is 0 Å². The Balaban J connectivity index is 0.00000289. The summed E-state index contributed by atoms with van der Waals surface area (Å²) in [5.74, 6) is 0.660. The molecular formula is C14H28ClNO2. The molecule has 0 aromatic carbocycles. The van der Waals surface area contributed by atoms with Gasteiger partial charge in [0.25, 0.3) is 0 Å². The Morgan fingerprint density at radius 2 is 1.89 bits per heavy atom. The summed E-state index contributed by atoms with van der Waals surface area (Å²) in [6.07, 6.45) is 4.78. The summed E-state index contributed by atoms with van der Waals surface area (Å²) in [4.78, 5) is 11.1. The summed E-state index contributed by atoms with van der Waals surface area (Å²) in [6.45, 7) is 8.51. The van der Waals surface area contributed by atoms with Crippen molar-refractivity contribution in [3.05, 3.63) is 0 Å². The van der Waals surface area contributed by atoms with Crippen LogP contribution in [0.2, 0.25) is 0 Å². The third kappa shape index (κ3) is 5.57. The van der Waals surface area contributed by atoms with Crippen LogP contribution in [0.4, 0.5) is 0 Å². The smallest absolute Gasteiger partial charge is 0.303 e. The van der Waals surface area contributed by atoms with Crippen molar-refractivity contribution in [1.29, 1.82) is 0 Å². The molecule has 0 heterocycles. The minimum Gasteiger partial charge on any atom is -0.481 e. The maximum atomic E-state index is 11.1. The van der Waals surface area contributed by atoms with Gasteiger partial charge < -0.3 is 10.4 Å². The average Bonchev–Trinajstić information content (AvgIpc) is 2.14. The van der Waals surface area contributed by atoms with Crippen molar-refractivity contribution in [2.45, 2.75) is 52.9 Å². The van der Waals surface area contributed by atoms with Crippen LogP contribution in [0.3, 0.4) is 0 Å². The molecule has 3 atom stereocenters. The van der Waals surface area contributed by atoms with Gasteiger partial charge >= 0.3 is 5.97 Å². The lowest BCUT2D eigenvalue weighted by Crippen LogP contribution is -2.42. The van der Waals surface area contributed by atoms with Gasteiger partial charge in [0, 0.05) is 6.54 Å². The number of carbonyl (C=O) groups is 1. The Morgan fingerprint density at radius 3 is 2.33 bits per heavy atom. The van der Waals surface area contributed by atoms with Crippen LogP contribution in [-0.2, 0) is 4.79 Å². The molecule has 0 saturated heterocycles. The Labute approximate surface area is 117 Å². The molecule has 1 aliphatic carbocycles. The molecule has 0 aliphatic heterocycles. The summed E-state index contributed by atoms with van der Waals surface area (Å²) in [5.41, 5.74) is -0.0158. The fourth-order valence-electron chi connectivity index (χ4n) is 3.62. The van der Waals surface area contributed by atoms with Crippen LogP contribution in [0.5, 0.6) is 0 Å². The number of nitrogens with one attached hydrogen (secondary N) is 1. The van der Waals surface area contributed by atoms with E-state index < -0.39 is 5.97 Å². The number of hydrogen-bond acceptors (Lipinski definition) is 2. The van der Waals surface area contributed by atoms with E-state index in [0.29, 0.717) is 18.3 Å². The number of aliphatic carboxylic acids is 1. The molecular weight excluding hydrogens is 250 g/mol. The number of halogens is 1. The second kappa shape index (κ2) is 8.00. The summed E-state index contributed by atoms with van der Waals surface area (Å²) in [7, 11) is 0. The fourth-order valence-corrected chi connectivity index (χ4v) is 3.62. The lowest BCUT2D eigenvalue weighted by atomic mass is 9.64. The van der Waals surface area contributed by atoms with Gasteiger partial charge in [-0.3, -0.25) is 4.79 Å². The van der Waals surface area contributed by atoms with Gasteiger partial charge in [-0.15, -0.1) is 12.4 Å². The van der Waals surface area contributed by atoms with E-state index in [4.69, 9.17) is 5.11 Å². The van der Waals surface area contributed by atoms with E-state index in [2.05, 4.69) is 26.1 Å². The molecule has 0 amide bonds. The summed E-state index contributed by atoms with van der Waals surface area (Å²) in [6, 6.07) is 0. The first kappa shape index (κ1) is 17.7. The van der Waals surface area contributed by atoms with Gasteiger partial charge in [0.05, 0.1) is 6.42 Å². The molecule has 0 spiro atoms. The highest BCUT2D eigenvalue weighted by atomic mass is 35.5. The normalized spacial score (nSPS) is 31.7. The van der Waals surface area contributed by atoms with Crippen LogP contribution in [0.25, 0.3) is 0 Å². The zero-order valence-corrected chi connectivity index (χ0v) is 12.7. The van der Waals surface area contributed by atoms with Crippen molar-refractivity contribution in [1.82, 2.24) is 5.32 Å². The van der Waals surface area contributed by atoms with E-state index in [0.717, 1.165) is 32.4 Å². The van der Waals surface area contributed by atoms with E-state index >= 15 is 0 Å². The van der Waals surface area contributed by atoms with E-state index in [9.17, 15) is 4.79 Å². The Hall–Kier alpha value is -0.280. The zero-order chi connectivity index (χ0) is 12.9. The van der Waals surface area contributed by atoms with Crippen molar-refractivity contribution in [3.8, 4) is 0 Å². The quantitative estimate of drug-likeness (QED) is 0.732. The topological polar surface area (TPSA) is 49.3 Å². The fraction of sp³-hybridized carbons (Fsp3) is 0.929. The van der Waals surface area contributed by atoms with Crippen LogP contribution < -0.4 is 5.32 Å². The Bertz CT molecular complexity index is 248. The minimum absolute atomic E-state index is 0. The minimum atomic E-state index is -0.649. The number of carboxylic acid groups (broad SMARTS) is 1. The van der Waals surface area contributed by atoms with Crippen LogP contribution in [0, 0.1) is 17.3 Å². The summed E-state index contributed by atoms with van der Waals surface area (Å²) < 4.78 is 0. The van der Waals surface area contributed by atoms with Gasteiger partial charge in [-0.05, 0) is 49.5 Å². The number of carboxylic acids is 1. The first-order valence-corrected chi connectivity index (χ1v) is 6.90. The van der Waals surface area contributed by atoms with E-state index in [1.807, 2.05) is 0 Å². The highest BCUT2D eigenvalue weighted by Gasteiger charge is 2.39. The van der Waals surface area contributed by atoms with E-state index in [-0.39, 0.29) is 17.8 Å². The highest BCUT2D eigenvalue weighted by molar-refractivity contribution is 5.85. The maximum absolute atomic E-state index is 11.1. The van der Waals surface area contributed by atoms with Crippen LogP contribution in [0.1, 0.15) is 52.9 Å². The van der Waals surface area contributed by atoms with Crippen LogP contribution in [-0.4, -0.2) is 24.2 Å². The Kier molecular flexibility index (Phi) is 7.88. The van der Waals surface area contributed by atoms with Crippen molar-refractivity contribution in [2.75, 3.05) is 13.1 Å². The Morgan fingerprint density at radius 1 is 1.33 bits per heavy atom. The molecule has 1 saturated carbocycles. The SMILES string of the molecule is CCCNCC1(CC(=O)O)C[C@H](C)C[C@H](C)C1.Cl. The molecule has 4 heteroatoms. The molecule has 1 unspecified atom stereocenters. The van der Waals surface area contributed by atoms with E-state index in [1.54, 1.807) is 0 Å². The van der Waals surface area contributed by atoms with Crippen molar-refractivity contribution >= 4 is 18.4 Å². The molecule has 3 nitrogen and oxygen atoms in total. The van der Waals surface area contributed by atoms with Gasteiger partial charge in [-0.1, -0.05) is 20.8 Å². The molecule has 1 aliphatic rings. The second-order valence-electron chi connectivity index (χ2n) is 6.10. The summed E-state index contributed by atoms with van der Waals surface area (Å²) >= 11 is 0. The van der Waals surface area contributed by atoms with Crippen molar-refractivity contribution in [2.24, 2.45) is 17.3 Å². The standard InChI is InChI=1S/C14H27NO2.ClH/c1-4-5-15-10-14(9-13(16)17)7-11(2)6-12(3)8-14;/h11-12,15H,4-10H2,1-3H3,(H,16,17);1H/t11-,12+,14?;. The summed E-state index contributed by atoms with van der Waals surface area (Å²) in [5, 5.41) is 12.6. The largest absolute Gasteiger partial charge is 0.481 e. The van der Waals surface area contributed by atoms with Crippen LogP contribution >= 0.6 is 12.4 Å². The number of rotatable bonds is 6. The van der Waals surface area contributed by atoms with Crippen molar-refractivity contribution in [3.63, 3.8) is 0 Å². The predicted octanol–water partition coefficient (Wildman–Crippen LogP) is 3.33. The molecule has 0 aromatic heterocycles. The zero-order valence-electron chi connectivity index (χ0n) is 11.9. The van der Waals surface area contributed by atoms with Gasteiger partial charge in [0.1, 0.15) is 0 Å². The third-order valence-electron chi connectivity index (χ3n) is 3.82. The predicted molar refractivity (Wildman–Crippen MR) is 77.3 cm³/mol. The molecule has 1 fully saturated rings.